The van der Waals surface area contributed by atoms with E-state index in [9.17, 15) is 4.79 Å². The summed E-state index contributed by atoms with van der Waals surface area (Å²) in [5.74, 6) is 0.506. The minimum Gasteiger partial charge on any atom is -0.315 e. The van der Waals surface area contributed by atoms with Crippen molar-refractivity contribution in [3.05, 3.63) is 35.1 Å². The molecule has 2 N–H and O–H groups in total. The van der Waals surface area contributed by atoms with Crippen molar-refractivity contribution in [1.29, 1.82) is 0 Å². The number of urea groups is 1. The van der Waals surface area contributed by atoms with Gasteiger partial charge in [0.15, 0.2) is 0 Å². The molecular weight excluding hydrogens is 258 g/mol. The Morgan fingerprint density at radius 3 is 3.13 bits per heavy atom. The van der Waals surface area contributed by atoms with Crippen LogP contribution in [0.3, 0.4) is 0 Å². The van der Waals surface area contributed by atoms with Gasteiger partial charge in [-0.1, -0.05) is 28.9 Å². The third-order valence-electron chi connectivity index (χ3n) is 1.53. The number of aromatic nitrogens is 1. The number of pyridine rings is 1. The minimum absolute atomic E-state index is 0.301. The van der Waals surface area contributed by atoms with Crippen LogP contribution >= 0.6 is 15.9 Å². The van der Waals surface area contributed by atoms with Crippen LogP contribution in [-0.2, 0) is 0 Å². The fraction of sp³-hybridized carbons (Fsp3) is 0.200. The molecule has 0 saturated carbocycles. The maximum absolute atomic E-state index is 11.3. The number of allylic oxidation sites excluding steroid dienone is 1. The summed E-state index contributed by atoms with van der Waals surface area (Å²) >= 11 is 3.29. The molecule has 4 nitrogen and oxygen atoms in total. The fourth-order valence-electron chi connectivity index (χ4n) is 0.878. The molecule has 0 radical (unpaired) electrons. The van der Waals surface area contributed by atoms with Crippen molar-refractivity contribution < 1.29 is 4.79 Å². The SMILES string of the molecule is CC/C=C/NC(=O)Nc1cc(Br)ccn1. The molecule has 0 aromatic carbocycles. The maximum Gasteiger partial charge on any atom is 0.324 e. The zero-order valence-corrected chi connectivity index (χ0v) is 9.91. The molecule has 1 aromatic rings. The van der Waals surface area contributed by atoms with Gasteiger partial charge >= 0.3 is 6.03 Å². The Balaban J connectivity index is 2.48. The lowest BCUT2D eigenvalue weighted by Crippen LogP contribution is -2.24. The molecule has 0 bridgehead atoms. The molecule has 0 atom stereocenters. The second kappa shape index (κ2) is 6.19. The van der Waals surface area contributed by atoms with E-state index in [0.717, 1.165) is 10.9 Å². The number of halogens is 1. The highest BCUT2D eigenvalue weighted by Gasteiger charge is 1.99. The molecule has 0 saturated heterocycles. The average Bonchev–Trinajstić information content (AvgIpc) is 2.18. The van der Waals surface area contributed by atoms with E-state index >= 15 is 0 Å². The van der Waals surface area contributed by atoms with Gasteiger partial charge in [-0.3, -0.25) is 5.32 Å². The Morgan fingerprint density at radius 2 is 2.47 bits per heavy atom. The fourth-order valence-corrected chi connectivity index (χ4v) is 1.21. The third-order valence-corrected chi connectivity index (χ3v) is 2.02. The largest absolute Gasteiger partial charge is 0.324 e. The molecule has 0 spiro atoms. The maximum atomic E-state index is 11.3. The monoisotopic (exact) mass is 269 g/mol. The zero-order chi connectivity index (χ0) is 11.1. The standard InChI is InChI=1S/C10H12BrN3O/c1-2-3-5-13-10(15)14-9-7-8(11)4-6-12-9/h3-7H,2H2,1H3,(H2,12,13,14,15)/b5-3+. The summed E-state index contributed by atoms with van der Waals surface area (Å²) in [7, 11) is 0. The van der Waals surface area contributed by atoms with Gasteiger partial charge in [-0.05, 0) is 18.6 Å². The molecule has 15 heavy (non-hydrogen) atoms. The first-order chi connectivity index (χ1) is 7.22. The Kier molecular flexibility index (Phi) is 4.83. The van der Waals surface area contributed by atoms with Gasteiger partial charge < -0.3 is 5.32 Å². The van der Waals surface area contributed by atoms with Gasteiger partial charge in [0.05, 0.1) is 0 Å². The number of hydrogen-bond donors (Lipinski definition) is 2. The van der Waals surface area contributed by atoms with E-state index in [0.29, 0.717) is 5.82 Å². The van der Waals surface area contributed by atoms with Crippen LogP contribution < -0.4 is 10.6 Å². The molecule has 1 heterocycles. The number of carbonyl (C=O) groups excluding carboxylic acids is 1. The van der Waals surface area contributed by atoms with Crippen LogP contribution in [0.2, 0.25) is 0 Å². The quantitative estimate of drug-likeness (QED) is 0.887. The molecule has 0 aliphatic heterocycles. The summed E-state index contributed by atoms with van der Waals surface area (Å²) < 4.78 is 0.872. The number of nitrogens with zero attached hydrogens (tertiary/aromatic N) is 1. The lowest BCUT2D eigenvalue weighted by Gasteiger charge is -2.03. The lowest BCUT2D eigenvalue weighted by atomic mass is 10.4. The van der Waals surface area contributed by atoms with E-state index < -0.39 is 0 Å². The van der Waals surface area contributed by atoms with E-state index in [2.05, 4.69) is 31.5 Å². The summed E-state index contributed by atoms with van der Waals surface area (Å²) in [6, 6.07) is 3.22. The predicted octanol–water partition coefficient (Wildman–Crippen LogP) is 2.89. The minimum atomic E-state index is -0.301. The normalized spacial score (nSPS) is 10.3. The van der Waals surface area contributed by atoms with Crippen molar-refractivity contribution in [2.24, 2.45) is 0 Å². The Hall–Kier alpha value is -1.36. The van der Waals surface area contributed by atoms with Gasteiger partial charge in [-0.2, -0.15) is 0 Å². The highest BCUT2D eigenvalue weighted by molar-refractivity contribution is 9.10. The van der Waals surface area contributed by atoms with Crippen LogP contribution in [0.1, 0.15) is 13.3 Å². The predicted molar refractivity (Wildman–Crippen MR) is 63.5 cm³/mol. The molecular formula is C10H12BrN3O. The molecule has 0 unspecified atom stereocenters. The summed E-state index contributed by atoms with van der Waals surface area (Å²) in [5.41, 5.74) is 0. The van der Waals surface area contributed by atoms with Gasteiger partial charge in [0.25, 0.3) is 0 Å². The first-order valence-corrected chi connectivity index (χ1v) is 5.35. The number of carbonyl (C=O) groups is 1. The van der Waals surface area contributed by atoms with E-state index in [1.807, 2.05) is 13.0 Å². The van der Waals surface area contributed by atoms with Crippen molar-refractivity contribution in [2.75, 3.05) is 5.32 Å². The van der Waals surface area contributed by atoms with E-state index in [1.54, 1.807) is 24.5 Å². The molecule has 1 rings (SSSR count). The van der Waals surface area contributed by atoms with E-state index in [-0.39, 0.29) is 6.03 Å². The van der Waals surface area contributed by atoms with Crippen LogP contribution in [0.5, 0.6) is 0 Å². The number of hydrogen-bond acceptors (Lipinski definition) is 2. The van der Waals surface area contributed by atoms with Crippen LogP contribution in [0, 0.1) is 0 Å². The van der Waals surface area contributed by atoms with Gasteiger partial charge in [0.2, 0.25) is 0 Å². The highest BCUT2D eigenvalue weighted by Crippen LogP contribution is 2.12. The molecule has 0 aliphatic carbocycles. The van der Waals surface area contributed by atoms with Crippen molar-refractivity contribution in [3.63, 3.8) is 0 Å². The van der Waals surface area contributed by atoms with Gasteiger partial charge in [-0.15, -0.1) is 0 Å². The van der Waals surface area contributed by atoms with Gasteiger partial charge in [-0.25, -0.2) is 9.78 Å². The first-order valence-electron chi connectivity index (χ1n) is 4.56. The number of rotatable bonds is 3. The van der Waals surface area contributed by atoms with Crippen molar-refractivity contribution in [2.45, 2.75) is 13.3 Å². The van der Waals surface area contributed by atoms with Gasteiger partial charge in [0.1, 0.15) is 5.82 Å². The smallest absolute Gasteiger partial charge is 0.315 e. The highest BCUT2D eigenvalue weighted by atomic mass is 79.9. The van der Waals surface area contributed by atoms with E-state index in [4.69, 9.17) is 0 Å². The number of nitrogens with one attached hydrogen (secondary N) is 2. The van der Waals surface area contributed by atoms with Crippen molar-refractivity contribution in [1.82, 2.24) is 10.3 Å². The zero-order valence-electron chi connectivity index (χ0n) is 8.33. The number of anilines is 1. The van der Waals surface area contributed by atoms with Gasteiger partial charge in [0, 0.05) is 16.9 Å². The second-order valence-electron chi connectivity index (χ2n) is 2.77. The van der Waals surface area contributed by atoms with Crippen LogP contribution in [0.15, 0.2) is 35.1 Å². The topological polar surface area (TPSA) is 54.0 Å². The molecule has 5 heteroatoms. The molecule has 0 aliphatic rings. The molecule has 80 valence electrons. The Morgan fingerprint density at radius 1 is 1.67 bits per heavy atom. The first kappa shape index (κ1) is 11.7. The van der Waals surface area contributed by atoms with Crippen LogP contribution in [-0.4, -0.2) is 11.0 Å². The third kappa shape index (κ3) is 4.60. The summed E-state index contributed by atoms with van der Waals surface area (Å²) in [4.78, 5) is 15.3. The van der Waals surface area contributed by atoms with Crippen LogP contribution in [0.4, 0.5) is 10.6 Å². The lowest BCUT2D eigenvalue weighted by molar-refractivity contribution is 0.255. The van der Waals surface area contributed by atoms with Crippen molar-refractivity contribution >= 4 is 27.8 Å². The average molecular weight is 270 g/mol. The summed E-state index contributed by atoms with van der Waals surface area (Å²) in [5, 5.41) is 5.16. The second-order valence-corrected chi connectivity index (χ2v) is 3.68. The Labute approximate surface area is 96.9 Å². The molecule has 2 amide bonds. The van der Waals surface area contributed by atoms with Crippen LogP contribution in [0.25, 0.3) is 0 Å². The van der Waals surface area contributed by atoms with Crippen molar-refractivity contribution in [3.8, 4) is 0 Å². The number of amides is 2. The molecule has 1 aromatic heterocycles. The molecule has 0 fully saturated rings. The summed E-state index contributed by atoms with van der Waals surface area (Å²) in [6.07, 6.45) is 5.96. The Bertz CT molecular complexity index is 365. The summed E-state index contributed by atoms with van der Waals surface area (Å²) in [6.45, 7) is 1.99. The van der Waals surface area contributed by atoms with E-state index in [1.165, 1.54) is 0 Å².